The van der Waals surface area contributed by atoms with E-state index in [-0.39, 0.29) is 11.9 Å². The maximum Gasteiger partial charge on any atom is 0.270 e. The number of amides is 1. The lowest BCUT2D eigenvalue weighted by molar-refractivity contribution is 0.0938. The molecule has 1 amide bonds. The molecule has 1 aliphatic heterocycles. The van der Waals surface area contributed by atoms with Crippen molar-refractivity contribution >= 4 is 17.5 Å². The Morgan fingerprint density at radius 3 is 2.30 bits per heavy atom. The Hall–Kier alpha value is -2.83. The maximum absolute atomic E-state index is 12.3. The molecule has 144 valence electrons. The van der Waals surface area contributed by atoms with Gasteiger partial charge in [0.15, 0.2) is 0 Å². The molecule has 0 aliphatic carbocycles. The third kappa shape index (κ3) is 4.67. The van der Waals surface area contributed by atoms with Crippen molar-refractivity contribution < 1.29 is 9.53 Å². The minimum Gasteiger partial charge on any atom is -0.497 e. The molecule has 1 aliphatic rings. The van der Waals surface area contributed by atoms with Crippen molar-refractivity contribution in [3.8, 4) is 5.75 Å². The fourth-order valence-corrected chi connectivity index (χ4v) is 3.10. The number of carbonyl (C=O) groups is 1. The zero-order valence-electron chi connectivity index (χ0n) is 16.4. The van der Waals surface area contributed by atoms with Gasteiger partial charge in [0.2, 0.25) is 5.95 Å². The van der Waals surface area contributed by atoms with Gasteiger partial charge in [0, 0.05) is 43.6 Å². The van der Waals surface area contributed by atoms with Crippen LogP contribution in [0.5, 0.6) is 5.75 Å². The summed E-state index contributed by atoms with van der Waals surface area (Å²) < 4.78 is 5.22. The standard InChI is InChI=1S/C20H27N5O2/c1-14(2)21-19(26)18-13-15(3)22-20(23-18)25-11-9-24(10-12-25)16-5-7-17(27-4)8-6-16/h5-8,13-14H,9-12H2,1-4H3,(H,21,26). The Balaban J connectivity index is 1.68. The highest BCUT2D eigenvalue weighted by Gasteiger charge is 2.21. The number of carbonyl (C=O) groups excluding carboxylic acids is 1. The van der Waals surface area contributed by atoms with Crippen LogP contribution in [0.1, 0.15) is 30.0 Å². The largest absolute Gasteiger partial charge is 0.497 e. The first-order valence-corrected chi connectivity index (χ1v) is 9.27. The van der Waals surface area contributed by atoms with E-state index in [1.165, 1.54) is 5.69 Å². The summed E-state index contributed by atoms with van der Waals surface area (Å²) in [6.45, 7) is 9.12. The molecule has 0 saturated carbocycles. The van der Waals surface area contributed by atoms with Crippen LogP contribution in [-0.4, -0.2) is 55.2 Å². The lowest BCUT2D eigenvalue weighted by Gasteiger charge is -2.36. The molecule has 1 aromatic carbocycles. The molecule has 0 radical (unpaired) electrons. The van der Waals surface area contributed by atoms with Crippen LogP contribution in [0.2, 0.25) is 0 Å². The number of rotatable bonds is 5. The van der Waals surface area contributed by atoms with E-state index in [2.05, 4.69) is 37.2 Å². The fourth-order valence-electron chi connectivity index (χ4n) is 3.10. The van der Waals surface area contributed by atoms with Crippen molar-refractivity contribution in [2.24, 2.45) is 0 Å². The summed E-state index contributed by atoms with van der Waals surface area (Å²) in [6.07, 6.45) is 0. The quantitative estimate of drug-likeness (QED) is 0.872. The van der Waals surface area contributed by atoms with Gasteiger partial charge in [0.05, 0.1) is 7.11 Å². The Labute approximate surface area is 160 Å². The van der Waals surface area contributed by atoms with E-state index in [4.69, 9.17) is 4.74 Å². The number of ether oxygens (including phenoxy) is 1. The van der Waals surface area contributed by atoms with Crippen LogP contribution >= 0.6 is 0 Å². The number of nitrogens with one attached hydrogen (secondary N) is 1. The minimum absolute atomic E-state index is 0.0734. The van der Waals surface area contributed by atoms with Crippen LogP contribution in [0.25, 0.3) is 0 Å². The second-order valence-corrected chi connectivity index (χ2v) is 6.99. The molecular formula is C20H27N5O2. The van der Waals surface area contributed by atoms with E-state index in [0.29, 0.717) is 11.6 Å². The molecule has 7 nitrogen and oxygen atoms in total. The highest BCUT2D eigenvalue weighted by molar-refractivity contribution is 5.92. The van der Waals surface area contributed by atoms with Gasteiger partial charge in [-0.3, -0.25) is 4.79 Å². The second kappa shape index (κ2) is 8.24. The first kappa shape index (κ1) is 18.9. The van der Waals surface area contributed by atoms with E-state index >= 15 is 0 Å². The third-order valence-electron chi connectivity index (χ3n) is 4.49. The molecule has 2 aromatic rings. The van der Waals surface area contributed by atoms with Crippen LogP contribution in [0.3, 0.4) is 0 Å². The average Bonchev–Trinajstić information content (AvgIpc) is 2.67. The topological polar surface area (TPSA) is 70.6 Å². The van der Waals surface area contributed by atoms with Crippen LogP contribution in [0, 0.1) is 6.92 Å². The first-order chi connectivity index (χ1) is 13.0. The Bertz CT molecular complexity index is 783. The summed E-state index contributed by atoms with van der Waals surface area (Å²) in [5.74, 6) is 1.32. The van der Waals surface area contributed by atoms with Gasteiger partial charge in [-0.1, -0.05) is 0 Å². The molecule has 27 heavy (non-hydrogen) atoms. The second-order valence-electron chi connectivity index (χ2n) is 6.99. The molecule has 1 fully saturated rings. The number of anilines is 2. The Morgan fingerprint density at radius 2 is 1.70 bits per heavy atom. The van der Waals surface area contributed by atoms with Crippen LogP contribution in [0.4, 0.5) is 11.6 Å². The highest BCUT2D eigenvalue weighted by Crippen LogP contribution is 2.22. The summed E-state index contributed by atoms with van der Waals surface area (Å²) in [5.41, 5.74) is 2.40. The molecule has 3 rings (SSSR count). The lowest BCUT2D eigenvalue weighted by atomic mass is 10.2. The minimum atomic E-state index is -0.159. The molecular weight excluding hydrogens is 342 g/mol. The molecule has 1 aromatic heterocycles. The van der Waals surface area contributed by atoms with Crippen molar-refractivity contribution in [1.29, 1.82) is 0 Å². The molecule has 1 N–H and O–H groups in total. The molecule has 0 atom stereocenters. The van der Waals surface area contributed by atoms with Gasteiger partial charge in [0.25, 0.3) is 5.91 Å². The third-order valence-corrected chi connectivity index (χ3v) is 4.49. The van der Waals surface area contributed by atoms with Crippen LogP contribution < -0.4 is 19.9 Å². The number of nitrogens with zero attached hydrogens (tertiary/aromatic N) is 4. The zero-order chi connectivity index (χ0) is 19.4. The number of piperazine rings is 1. The van der Waals surface area contributed by atoms with Crippen molar-refractivity contribution in [3.63, 3.8) is 0 Å². The predicted molar refractivity (Wildman–Crippen MR) is 107 cm³/mol. The van der Waals surface area contributed by atoms with Crippen molar-refractivity contribution in [2.45, 2.75) is 26.8 Å². The molecule has 2 heterocycles. The van der Waals surface area contributed by atoms with Crippen molar-refractivity contribution in [3.05, 3.63) is 41.7 Å². The maximum atomic E-state index is 12.3. The average molecular weight is 369 g/mol. The summed E-state index contributed by atoms with van der Waals surface area (Å²) >= 11 is 0. The number of aromatic nitrogens is 2. The van der Waals surface area contributed by atoms with Gasteiger partial charge in [-0.25, -0.2) is 9.97 Å². The summed E-state index contributed by atoms with van der Waals surface area (Å²) in [4.78, 5) is 25.8. The number of hydrogen-bond donors (Lipinski definition) is 1. The van der Waals surface area contributed by atoms with Gasteiger partial charge in [-0.2, -0.15) is 0 Å². The highest BCUT2D eigenvalue weighted by atomic mass is 16.5. The SMILES string of the molecule is COc1ccc(N2CCN(c3nc(C)cc(C(=O)NC(C)C)n3)CC2)cc1. The van der Waals surface area contributed by atoms with Gasteiger partial charge in [-0.15, -0.1) is 0 Å². The van der Waals surface area contributed by atoms with Crippen molar-refractivity contribution in [2.75, 3.05) is 43.1 Å². The molecule has 7 heteroatoms. The van der Waals surface area contributed by atoms with Gasteiger partial charge < -0.3 is 19.9 Å². The monoisotopic (exact) mass is 369 g/mol. The van der Waals surface area contributed by atoms with E-state index in [1.54, 1.807) is 13.2 Å². The predicted octanol–water partition coefficient (Wildman–Crippen LogP) is 2.26. The fraction of sp³-hybridized carbons (Fsp3) is 0.450. The van der Waals surface area contributed by atoms with Crippen LogP contribution in [0.15, 0.2) is 30.3 Å². The number of benzene rings is 1. The zero-order valence-corrected chi connectivity index (χ0v) is 16.4. The van der Waals surface area contributed by atoms with Crippen LogP contribution in [-0.2, 0) is 0 Å². The molecule has 1 saturated heterocycles. The van der Waals surface area contributed by atoms with E-state index in [9.17, 15) is 4.79 Å². The van der Waals surface area contributed by atoms with E-state index < -0.39 is 0 Å². The summed E-state index contributed by atoms with van der Waals surface area (Å²) in [6, 6.07) is 9.91. The van der Waals surface area contributed by atoms with Gasteiger partial charge in [0.1, 0.15) is 11.4 Å². The summed E-state index contributed by atoms with van der Waals surface area (Å²) in [7, 11) is 1.67. The number of hydrogen-bond acceptors (Lipinski definition) is 6. The van der Waals surface area contributed by atoms with Gasteiger partial charge >= 0.3 is 0 Å². The normalized spacial score (nSPS) is 14.4. The molecule has 0 bridgehead atoms. The number of methoxy groups -OCH3 is 1. The summed E-state index contributed by atoms with van der Waals surface area (Å²) in [5, 5.41) is 2.89. The molecule has 0 unspecified atom stereocenters. The Morgan fingerprint density at radius 1 is 1.07 bits per heavy atom. The van der Waals surface area contributed by atoms with Gasteiger partial charge in [-0.05, 0) is 51.1 Å². The lowest BCUT2D eigenvalue weighted by Crippen LogP contribution is -2.47. The Kier molecular flexibility index (Phi) is 5.78. The van der Waals surface area contributed by atoms with E-state index in [1.807, 2.05) is 32.9 Å². The van der Waals surface area contributed by atoms with Crippen molar-refractivity contribution in [1.82, 2.24) is 15.3 Å². The smallest absolute Gasteiger partial charge is 0.270 e. The first-order valence-electron chi connectivity index (χ1n) is 9.27. The number of aryl methyl sites for hydroxylation is 1. The van der Waals surface area contributed by atoms with E-state index in [0.717, 1.165) is 37.6 Å². The molecule has 0 spiro atoms.